The van der Waals surface area contributed by atoms with Crippen LogP contribution in [0.5, 0.6) is 5.75 Å². The first kappa shape index (κ1) is 21.5. The number of aromatic hydroxyl groups is 1. The highest BCUT2D eigenvalue weighted by Gasteiger charge is 2.44. The number of sulfone groups is 1. The number of halogens is 4. The number of hydrogen-bond donors (Lipinski definition) is 3. The molecular formula is C21H20F4N2O3S. The summed E-state index contributed by atoms with van der Waals surface area (Å²) in [5.74, 6) is -1.53. The Kier molecular flexibility index (Phi) is 4.77. The van der Waals surface area contributed by atoms with Gasteiger partial charge in [0.25, 0.3) is 0 Å². The minimum atomic E-state index is -4.73. The number of fused-ring (bicyclic) bond motifs is 1. The van der Waals surface area contributed by atoms with Gasteiger partial charge in [-0.15, -0.1) is 0 Å². The fourth-order valence-corrected chi connectivity index (χ4v) is 6.51. The van der Waals surface area contributed by atoms with E-state index in [0.717, 1.165) is 12.1 Å². The molecule has 1 unspecified atom stereocenters. The molecule has 2 aromatic carbocycles. The third kappa shape index (κ3) is 3.84. The molecule has 2 aliphatic heterocycles. The van der Waals surface area contributed by atoms with E-state index in [4.69, 9.17) is 0 Å². The predicted octanol–water partition coefficient (Wildman–Crippen LogP) is 5.19. The number of phenolic OH excluding ortho intramolecular Hbond substituents is 1. The van der Waals surface area contributed by atoms with Crippen LogP contribution in [0.3, 0.4) is 0 Å². The average Bonchev–Trinajstić information content (AvgIpc) is 2.77. The molecule has 1 atom stereocenters. The lowest BCUT2D eigenvalue weighted by Gasteiger charge is -2.34. The summed E-state index contributed by atoms with van der Waals surface area (Å²) in [5, 5.41) is 16.2. The van der Waals surface area contributed by atoms with Gasteiger partial charge in [-0.25, -0.2) is 12.8 Å². The van der Waals surface area contributed by atoms with Gasteiger partial charge in [0.1, 0.15) is 17.3 Å². The minimum Gasteiger partial charge on any atom is -0.506 e. The van der Waals surface area contributed by atoms with E-state index in [2.05, 4.69) is 10.6 Å². The lowest BCUT2D eigenvalue weighted by atomic mass is 9.88. The average molecular weight is 456 g/mol. The number of phenols is 1. The second-order valence-corrected chi connectivity index (χ2v) is 10.5. The largest absolute Gasteiger partial charge is 0.506 e. The summed E-state index contributed by atoms with van der Waals surface area (Å²) < 4.78 is 80.4. The first-order chi connectivity index (χ1) is 14.3. The van der Waals surface area contributed by atoms with E-state index < -0.39 is 38.9 Å². The molecule has 10 heteroatoms. The number of hydrogen-bond acceptors (Lipinski definition) is 5. The standard InChI is InChI=1S/C21H20F4N2O3S/c1-20(2)9-15-19(31(29,30)10-20)17(26-14-4-3-5-16(28)18(14)27-15)12-7-6-11(8-13(12)22)21(23,24)25/h3-8,17,26-28H,9-10H2,1-2H3. The first-order valence-corrected chi connectivity index (χ1v) is 11.1. The maximum Gasteiger partial charge on any atom is 0.416 e. The molecule has 3 N–H and O–H groups in total. The van der Waals surface area contributed by atoms with Gasteiger partial charge in [0.05, 0.1) is 28.0 Å². The smallest absolute Gasteiger partial charge is 0.416 e. The number of anilines is 2. The van der Waals surface area contributed by atoms with Crippen molar-refractivity contribution < 1.29 is 31.1 Å². The van der Waals surface area contributed by atoms with Crippen LogP contribution in [0.4, 0.5) is 28.9 Å². The maximum atomic E-state index is 14.9. The fraction of sp³-hybridized carbons (Fsp3) is 0.333. The molecular weight excluding hydrogens is 436 g/mol. The zero-order valence-corrected chi connectivity index (χ0v) is 17.5. The Hall–Kier alpha value is -2.75. The van der Waals surface area contributed by atoms with Crippen molar-refractivity contribution in [1.29, 1.82) is 0 Å². The molecule has 0 aliphatic carbocycles. The van der Waals surface area contributed by atoms with Crippen LogP contribution in [-0.4, -0.2) is 19.3 Å². The van der Waals surface area contributed by atoms with Crippen LogP contribution < -0.4 is 10.6 Å². The van der Waals surface area contributed by atoms with Crippen molar-refractivity contribution in [3.8, 4) is 5.75 Å². The lowest BCUT2D eigenvalue weighted by Crippen LogP contribution is -2.35. The summed E-state index contributed by atoms with van der Waals surface area (Å²) in [4.78, 5) is -0.138. The highest BCUT2D eigenvalue weighted by atomic mass is 32.2. The zero-order chi connectivity index (χ0) is 22.8. The summed E-state index contributed by atoms with van der Waals surface area (Å²) >= 11 is 0. The van der Waals surface area contributed by atoms with Crippen molar-refractivity contribution in [1.82, 2.24) is 0 Å². The van der Waals surface area contributed by atoms with Crippen LogP contribution in [0.15, 0.2) is 47.0 Å². The van der Waals surface area contributed by atoms with Crippen molar-refractivity contribution >= 4 is 21.2 Å². The Morgan fingerprint density at radius 3 is 2.52 bits per heavy atom. The number of alkyl halides is 3. The Balaban J connectivity index is 1.95. The van der Waals surface area contributed by atoms with Gasteiger partial charge in [-0.1, -0.05) is 26.0 Å². The first-order valence-electron chi connectivity index (χ1n) is 9.46. The summed E-state index contributed by atoms with van der Waals surface area (Å²) in [7, 11) is -3.91. The minimum absolute atomic E-state index is 0.138. The Morgan fingerprint density at radius 2 is 1.87 bits per heavy atom. The van der Waals surface area contributed by atoms with Gasteiger partial charge in [0, 0.05) is 11.3 Å². The molecule has 0 saturated carbocycles. The number of para-hydroxylation sites is 1. The molecule has 166 valence electrons. The van der Waals surface area contributed by atoms with E-state index in [9.17, 15) is 31.1 Å². The van der Waals surface area contributed by atoms with Crippen molar-refractivity contribution in [2.45, 2.75) is 32.5 Å². The summed E-state index contributed by atoms with van der Waals surface area (Å²) in [6.07, 6.45) is -4.45. The van der Waals surface area contributed by atoms with Gasteiger partial charge in [-0.3, -0.25) is 0 Å². The highest BCUT2D eigenvalue weighted by Crippen LogP contribution is 2.48. The summed E-state index contributed by atoms with van der Waals surface area (Å²) in [5.41, 5.74) is -1.25. The summed E-state index contributed by atoms with van der Waals surface area (Å²) in [6.45, 7) is 3.54. The van der Waals surface area contributed by atoms with E-state index >= 15 is 0 Å². The van der Waals surface area contributed by atoms with Crippen LogP contribution >= 0.6 is 0 Å². The van der Waals surface area contributed by atoms with E-state index in [0.29, 0.717) is 11.8 Å². The third-order valence-electron chi connectivity index (χ3n) is 5.39. The molecule has 5 nitrogen and oxygen atoms in total. The maximum absolute atomic E-state index is 14.9. The SMILES string of the molecule is CC1(C)CC2=C(C(c3ccc(C(F)(F)F)cc3F)Nc3cccc(O)c3N2)S(=O)(=O)C1. The molecule has 0 fully saturated rings. The van der Waals surface area contributed by atoms with E-state index in [-0.39, 0.29) is 39.8 Å². The molecule has 0 bridgehead atoms. The van der Waals surface area contributed by atoms with Gasteiger partial charge >= 0.3 is 6.18 Å². The van der Waals surface area contributed by atoms with Crippen LogP contribution in [0.1, 0.15) is 37.4 Å². The molecule has 0 spiro atoms. The monoisotopic (exact) mass is 456 g/mol. The Morgan fingerprint density at radius 1 is 1.16 bits per heavy atom. The van der Waals surface area contributed by atoms with Gasteiger partial charge in [-0.2, -0.15) is 13.2 Å². The van der Waals surface area contributed by atoms with E-state index in [1.165, 1.54) is 12.1 Å². The number of benzene rings is 2. The molecule has 0 saturated heterocycles. The third-order valence-corrected chi connectivity index (χ3v) is 7.70. The molecule has 0 radical (unpaired) electrons. The predicted molar refractivity (Wildman–Crippen MR) is 109 cm³/mol. The number of allylic oxidation sites excluding steroid dienone is 1. The van der Waals surface area contributed by atoms with Gasteiger partial charge in [-0.05, 0) is 36.1 Å². The van der Waals surface area contributed by atoms with Crippen LogP contribution in [0.2, 0.25) is 0 Å². The molecule has 0 aromatic heterocycles. The van der Waals surface area contributed by atoms with Crippen molar-refractivity contribution in [3.05, 3.63) is 63.9 Å². The molecule has 2 aromatic rings. The van der Waals surface area contributed by atoms with Crippen LogP contribution in [0.25, 0.3) is 0 Å². The summed E-state index contributed by atoms with van der Waals surface area (Å²) in [6, 6.07) is 5.26. The van der Waals surface area contributed by atoms with Crippen LogP contribution in [0, 0.1) is 11.2 Å². The number of nitrogens with one attached hydrogen (secondary N) is 2. The van der Waals surface area contributed by atoms with E-state index in [1.807, 2.05) is 0 Å². The highest BCUT2D eigenvalue weighted by molar-refractivity contribution is 7.95. The molecule has 31 heavy (non-hydrogen) atoms. The molecule has 2 heterocycles. The van der Waals surface area contributed by atoms with Crippen molar-refractivity contribution in [2.24, 2.45) is 5.41 Å². The molecule has 2 aliphatic rings. The quantitative estimate of drug-likeness (QED) is 0.407. The number of rotatable bonds is 1. The molecule has 0 amide bonds. The van der Waals surface area contributed by atoms with Gasteiger partial charge in [0.2, 0.25) is 0 Å². The Labute approximate surface area is 176 Å². The zero-order valence-electron chi connectivity index (χ0n) is 16.6. The molecule has 4 rings (SSSR count). The van der Waals surface area contributed by atoms with Crippen molar-refractivity contribution in [3.63, 3.8) is 0 Å². The second kappa shape index (κ2) is 6.88. The normalized spacial score (nSPS) is 21.9. The topological polar surface area (TPSA) is 78.4 Å². The van der Waals surface area contributed by atoms with Gasteiger partial charge < -0.3 is 15.7 Å². The van der Waals surface area contributed by atoms with Gasteiger partial charge in [0.15, 0.2) is 9.84 Å². The fourth-order valence-electron chi connectivity index (χ4n) is 4.18. The lowest BCUT2D eigenvalue weighted by molar-refractivity contribution is -0.137. The second-order valence-electron chi connectivity index (χ2n) is 8.58. The van der Waals surface area contributed by atoms with Crippen molar-refractivity contribution in [2.75, 3.05) is 16.4 Å². The van der Waals surface area contributed by atoms with E-state index in [1.54, 1.807) is 19.9 Å². The Bertz CT molecular complexity index is 1200. The van der Waals surface area contributed by atoms with Crippen LogP contribution in [-0.2, 0) is 16.0 Å².